The number of nitrogens with one attached hydrogen (secondary N) is 2. The third-order valence-electron chi connectivity index (χ3n) is 6.05. The monoisotopic (exact) mass is 498 g/mol. The molecular formula is C27H26N6O2S. The zero-order valence-electron chi connectivity index (χ0n) is 19.7. The van der Waals surface area contributed by atoms with Gasteiger partial charge in [-0.05, 0) is 72.4 Å². The smallest absolute Gasteiger partial charge is 0.250 e. The minimum absolute atomic E-state index is 0.00361. The largest absolute Gasteiger partial charge is 0.375 e. The fraction of sp³-hybridized carbons (Fsp3) is 0.185. The number of nitrogens with zero attached hydrogens (tertiary/aromatic N) is 4. The van der Waals surface area contributed by atoms with Crippen LogP contribution in [0.1, 0.15) is 29.0 Å². The van der Waals surface area contributed by atoms with E-state index in [1.54, 1.807) is 12.4 Å². The number of hydrogen-bond donors (Lipinski definition) is 2. The quantitative estimate of drug-likeness (QED) is 0.354. The lowest BCUT2D eigenvalue weighted by Crippen LogP contribution is -2.30. The van der Waals surface area contributed by atoms with Gasteiger partial charge in [0.15, 0.2) is 5.11 Å². The van der Waals surface area contributed by atoms with Crippen molar-refractivity contribution in [2.24, 2.45) is 0 Å². The molecule has 1 fully saturated rings. The first-order valence-electron chi connectivity index (χ1n) is 11.6. The number of aromatic nitrogens is 3. The molecule has 2 atom stereocenters. The highest BCUT2D eigenvalue weighted by Crippen LogP contribution is 2.42. The van der Waals surface area contributed by atoms with Crippen molar-refractivity contribution < 1.29 is 9.53 Å². The van der Waals surface area contributed by atoms with E-state index >= 15 is 0 Å². The molecule has 9 heteroatoms. The molecule has 0 bridgehead atoms. The standard InChI is InChI=1S/C27H26N6O2S/c1-35-18-24(34)30-20-9-11-21(12-10-20)33-26(25(31-27(33)36)22-7-2-3-14-29-22)23-8-5-15-32(23)17-19-6-4-13-28-16-19/h2-16,25-26H,17-18H2,1H3,(H,30,34)(H,31,36)/t25-,26+/m0/s1. The van der Waals surface area contributed by atoms with Crippen LogP contribution in [0.4, 0.5) is 11.4 Å². The Bertz CT molecular complexity index is 1330. The van der Waals surface area contributed by atoms with E-state index in [4.69, 9.17) is 17.0 Å². The van der Waals surface area contributed by atoms with Crippen molar-refractivity contribution in [1.29, 1.82) is 0 Å². The molecule has 1 aliphatic rings. The molecule has 3 aromatic heterocycles. The van der Waals surface area contributed by atoms with E-state index in [9.17, 15) is 4.79 Å². The van der Waals surface area contributed by atoms with Crippen molar-refractivity contribution in [2.45, 2.75) is 18.6 Å². The third kappa shape index (κ3) is 4.98. The summed E-state index contributed by atoms with van der Waals surface area (Å²) in [6.45, 7) is 0.691. The number of anilines is 2. The van der Waals surface area contributed by atoms with E-state index < -0.39 is 0 Å². The van der Waals surface area contributed by atoms with Crippen molar-refractivity contribution in [3.8, 4) is 0 Å². The van der Waals surface area contributed by atoms with Gasteiger partial charge in [-0.1, -0.05) is 12.1 Å². The maximum atomic E-state index is 11.9. The molecule has 1 aliphatic heterocycles. The predicted molar refractivity (Wildman–Crippen MR) is 143 cm³/mol. The van der Waals surface area contributed by atoms with E-state index in [0.717, 1.165) is 22.6 Å². The van der Waals surface area contributed by atoms with E-state index in [1.165, 1.54) is 7.11 Å². The molecule has 0 unspecified atom stereocenters. The van der Waals surface area contributed by atoms with Gasteiger partial charge in [0, 0.05) is 55.5 Å². The summed E-state index contributed by atoms with van der Waals surface area (Å²) >= 11 is 5.84. The summed E-state index contributed by atoms with van der Waals surface area (Å²) in [4.78, 5) is 22.9. The molecule has 4 heterocycles. The van der Waals surface area contributed by atoms with Crippen LogP contribution in [0.5, 0.6) is 0 Å². The second kappa shape index (κ2) is 10.7. The Balaban J connectivity index is 1.51. The molecule has 0 saturated carbocycles. The fourth-order valence-electron chi connectivity index (χ4n) is 4.50. The Kier molecular flexibility index (Phi) is 7.01. The summed E-state index contributed by atoms with van der Waals surface area (Å²) in [5.74, 6) is -0.204. The second-order valence-electron chi connectivity index (χ2n) is 8.45. The number of methoxy groups -OCH3 is 1. The van der Waals surface area contributed by atoms with Crippen LogP contribution < -0.4 is 15.5 Å². The Hall–Kier alpha value is -4.08. The maximum absolute atomic E-state index is 11.9. The van der Waals surface area contributed by atoms with Crippen molar-refractivity contribution >= 4 is 34.6 Å². The van der Waals surface area contributed by atoms with Crippen LogP contribution in [0.25, 0.3) is 0 Å². The van der Waals surface area contributed by atoms with Gasteiger partial charge in [0.2, 0.25) is 5.91 Å². The summed E-state index contributed by atoms with van der Waals surface area (Å²) in [6.07, 6.45) is 7.53. The first kappa shape index (κ1) is 23.7. The molecule has 4 aromatic rings. The van der Waals surface area contributed by atoms with E-state index in [0.29, 0.717) is 17.3 Å². The van der Waals surface area contributed by atoms with Gasteiger partial charge in [-0.3, -0.25) is 14.8 Å². The Morgan fingerprint density at radius 1 is 1.08 bits per heavy atom. The van der Waals surface area contributed by atoms with Gasteiger partial charge < -0.3 is 24.8 Å². The highest BCUT2D eigenvalue weighted by atomic mass is 32.1. The van der Waals surface area contributed by atoms with Crippen LogP contribution in [0.15, 0.2) is 91.5 Å². The number of thiocarbonyl (C=S) groups is 1. The number of rotatable bonds is 8. The number of pyridine rings is 2. The molecule has 5 rings (SSSR count). The summed E-state index contributed by atoms with van der Waals surface area (Å²) in [5, 5.41) is 6.94. The lowest BCUT2D eigenvalue weighted by atomic mass is 10.0. The summed E-state index contributed by atoms with van der Waals surface area (Å²) in [6, 6.07) is 21.4. The van der Waals surface area contributed by atoms with Crippen LogP contribution in [-0.2, 0) is 16.1 Å². The van der Waals surface area contributed by atoms with Crippen LogP contribution >= 0.6 is 12.2 Å². The Labute approximate surface area is 215 Å². The Morgan fingerprint density at radius 3 is 2.67 bits per heavy atom. The molecule has 1 amide bonds. The van der Waals surface area contributed by atoms with Gasteiger partial charge in [0.25, 0.3) is 0 Å². The average molecular weight is 499 g/mol. The van der Waals surface area contributed by atoms with Gasteiger partial charge in [-0.25, -0.2) is 0 Å². The maximum Gasteiger partial charge on any atom is 0.250 e. The summed E-state index contributed by atoms with van der Waals surface area (Å²) in [5.41, 5.74) is 4.72. The molecule has 182 valence electrons. The molecule has 36 heavy (non-hydrogen) atoms. The summed E-state index contributed by atoms with van der Waals surface area (Å²) in [7, 11) is 1.49. The lowest BCUT2D eigenvalue weighted by molar-refractivity contribution is -0.119. The van der Waals surface area contributed by atoms with Crippen LogP contribution in [0.2, 0.25) is 0 Å². The highest BCUT2D eigenvalue weighted by molar-refractivity contribution is 7.80. The number of ether oxygens (including phenoxy) is 1. The van der Waals surface area contributed by atoms with E-state index in [1.807, 2.05) is 54.7 Å². The normalized spacial score (nSPS) is 17.1. The number of hydrogen-bond acceptors (Lipinski definition) is 5. The van der Waals surface area contributed by atoms with Crippen molar-refractivity contribution in [3.05, 3.63) is 108 Å². The van der Waals surface area contributed by atoms with Crippen LogP contribution in [-0.4, -0.2) is 39.3 Å². The molecule has 1 aromatic carbocycles. The van der Waals surface area contributed by atoms with Crippen molar-refractivity contribution in [2.75, 3.05) is 23.9 Å². The average Bonchev–Trinajstić information content (AvgIpc) is 3.49. The van der Waals surface area contributed by atoms with E-state index in [2.05, 4.69) is 54.5 Å². The lowest BCUT2D eigenvalue weighted by Gasteiger charge is -2.29. The Morgan fingerprint density at radius 2 is 1.94 bits per heavy atom. The zero-order valence-corrected chi connectivity index (χ0v) is 20.6. The van der Waals surface area contributed by atoms with Crippen LogP contribution in [0.3, 0.4) is 0 Å². The molecular weight excluding hydrogens is 472 g/mol. The first-order chi connectivity index (χ1) is 17.6. The predicted octanol–water partition coefficient (Wildman–Crippen LogP) is 4.09. The molecule has 0 aliphatic carbocycles. The van der Waals surface area contributed by atoms with Gasteiger partial charge in [-0.2, -0.15) is 0 Å². The number of benzene rings is 1. The molecule has 0 spiro atoms. The SMILES string of the molecule is COCC(=O)Nc1ccc(N2C(=S)N[C@@H](c3ccccn3)[C@H]2c2cccn2Cc2cccnc2)cc1. The van der Waals surface area contributed by atoms with E-state index in [-0.39, 0.29) is 24.6 Å². The zero-order chi connectivity index (χ0) is 24.9. The molecule has 1 saturated heterocycles. The highest BCUT2D eigenvalue weighted by Gasteiger charge is 2.42. The number of amides is 1. The van der Waals surface area contributed by atoms with Gasteiger partial charge >= 0.3 is 0 Å². The number of carbonyl (C=O) groups excluding carboxylic acids is 1. The van der Waals surface area contributed by atoms with Crippen molar-refractivity contribution in [3.63, 3.8) is 0 Å². The third-order valence-corrected chi connectivity index (χ3v) is 6.36. The first-order valence-corrected chi connectivity index (χ1v) is 12.0. The molecule has 8 nitrogen and oxygen atoms in total. The fourth-order valence-corrected chi connectivity index (χ4v) is 4.84. The summed E-state index contributed by atoms with van der Waals surface area (Å²) < 4.78 is 7.12. The van der Waals surface area contributed by atoms with Gasteiger partial charge in [0.05, 0.1) is 11.7 Å². The second-order valence-corrected chi connectivity index (χ2v) is 8.83. The van der Waals surface area contributed by atoms with Gasteiger partial charge in [-0.15, -0.1) is 0 Å². The van der Waals surface area contributed by atoms with Crippen molar-refractivity contribution in [1.82, 2.24) is 19.9 Å². The van der Waals surface area contributed by atoms with Gasteiger partial charge in [0.1, 0.15) is 12.6 Å². The minimum atomic E-state index is -0.204. The van der Waals surface area contributed by atoms with Crippen LogP contribution in [0, 0.1) is 0 Å². The molecule has 2 N–H and O–H groups in total. The number of carbonyl (C=O) groups is 1. The molecule has 0 radical (unpaired) electrons. The minimum Gasteiger partial charge on any atom is -0.375 e. The topological polar surface area (TPSA) is 84.3 Å².